The van der Waals surface area contributed by atoms with E-state index in [2.05, 4.69) is 81.2 Å². The van der Waals surface area contributed by atoms with E-state index in [1.165, 1.54) is 11.1 Å². The summed E-state index contributed by atoms with van der Waals surface area (Å²) in [6.07, 6.45) is 0.982. The fourth-order valence-corrected chi connectivity index (χ4v) is 2.90. The Balaban J connectivity index is 1.90. The van der Waals surface area contributed by atoms with Crippen molar-refractivity contribution in [3.63, 3.8) is 0 Å². The van der Waals surface area contributed by atoms with Crippen molar-refractivity contribution in [2.24, 2.45) is 4.99 Å². The van der Waals surface area contributed by atoms with Crippen LogP contribution in [0.1, 0.15) is 24.5 Å². The molecule has 0 aliphatic carbocycles. The van der Waals surface area contributed by atoms with Gasteiger partial charge in [-0.25, -0.2) is 0 Å². The van der Waals surface area contributed by atoms with Gasteiger partial charge in [-0.3, -0.25) is 9.89 Å². The molecule has 0 unspecified atom stereocenters. The number of nitrogens with zero attached hydrogens (tertiary/aromatic N) is 2. The zero-order valence-corrected chi connectivity index (χ0v) is 16.3. The average molecular weight is 369 g/mol. The minimum Gasteiger partial charge on any atom is -0.395 e. The lowest BCUT2D eigenvalue weighted by molar-refractivity contribution is 0.255. The van der Waals surface area contributed by atoms with Crippen LogP contribution in [-0.4, -0.2) is 48.8 Å². The maximum Gasteiger partial charge on any atom is 0.191 e. The van der Waals surface area contributed by atoms with Crippen LogP contribution in [0, 0.1) is 0 Å². The summed E-state index contributed by atoms with van der Waals surface area (Å²) in [6, 6.07) is 21.2. The molecular weight excluding hydrogens is 336 g/mol. The topological polar surface area (TPSA) is 59.9 Å². The van der Waals surface area contributed by atoms with E-state index in [9.17, 15) is 0 Å². The van der Waals surface area contributed by atoms with Crippen LogP contribution in [0.15, 0.2) is 65.7 Å². The molecule has 5 heteroatoms. The fraction of sp³-hybridized carbons (Fsp3) is 0.409. The molecule has 0 atom stereocenters. The lowest BCUT2D eigenvalue weighted by Crippen LogP contribution is -2.38. The van der Waals surface area contributed by atoms with E-state index in [1.54, 1.807) is 0 Å². The number of benzene rings is 2. The van der Waals surface area contributed by atoms with Gasteiger partial charge in [0.2, 0.25) is 0 Å². The number of aliphatic hydroxyl groups is 1. The van der Waals surface area contributed by atoms with Crippen LogP contribution < -0.4 is 10.6 Å². The molecule has 0 spiro atoms. The van der Waals surface area contributed by atoms with Gasteiger partial charge >= 0.3 is 0 Å². The third-order valence-corrected chi connectivity index (χ3v) is 4.15. The summed E-state index contributed by atoms with van der Waals surface area (Å²) < 4.78 is 0. The Morgan fingerprint density at radius 3 is 2.04 bits per heavy atom. The molecule has 2 aromatic carbocycles. The highest BCUT2D eigenvalue weighted by atomic mass is 16.3. The van der Waals surface area contributed by atoms with E-state index < -0.39 is 0 Å². The first-order valence-corrected chi connectivity index (χ1v) is 9.75. The number of nitrogens with one attached hydrogen (secondary N) is 2. The smallest absolute Gasteiger partial charge is 0.191 e. The van der Waals surface area contributed by atoms with Crippen molar-refractivity contribution < 1.29 is 5.11 Å². The van der Waals surface area contributed by atoms with Crippen LogP contribution in [0.2, 0.25) is 0 Å². The van der Waals surface area contributed by atoms with Crippen molar-refractivity contribution in [1.82, 2.24) is 15.5 Å². The molecule has 0 aromatic heterocycles. The van der Waals surface area contributed by atoms with Crippen LogP contribution in [0.25, 0.3) is 0 Å². The predicted molar refractivity (Wildman–Crippen MR) is 113 cm³/mol. The van der Waals surface area contributed by atoms with Crippen molar-refractivity contribution in [3.8, 4) is 0 Å². The highest BCUT2D eigenvalue weighted by Crippen LogP contribution is 2.10. The zero-order chi connectivity index (χ0) is 19.2. The quantitative estimate of drug-likeness (QED) is 0.324. The second-order valence-corrected chi connectivity index (χ2v) is 6.45. The van der Waals surface area contributed by atoms with Gasteiger partial charge in [0.25, 0.3) is 0 Å². The van der Waals surface area contributed by atoms with Crippen LogP contribution in [0.5, 0.6) is 0 Å². The molecule has 0 aliphatic rings. The van der Waals surface area contributed by atoms with Gasteiger partial charge in [-0.15, -0.1) is 0 Å². The highest BCUT2D eigenvalue weighted by Gasteiger charge is 2.07. The second kappa shape index (κ2) is 12.9. The summed E-state index contributed by atoms with van der Waals surface area (Å²) in [4.78, 5) is 7.06. The summed E-state index contributed by atoms with van der Waals surface area (Å²) in [6.45, 7) is 7.06. The fourth-order valence-electron chi connectivity index (χ4n) is 2.90. The lowest BCUT2D eigenvalue weighted by atomic mass is 10.1. The van der Waals surface area contributed by atoms with E-state index in [0.29, 0.717) is 6.54 Å². The number of aliphatic hydroxyl groups excluding tert-OH is 1. The van der Waals surface area contributed by atoms with Crippen molar-refractivity contribution in [3.05, 3.63) is 71.8 Å². The van der Waals surface area contributed by atoms with E-state index in [-0.39, 0.29) is 6.61 Å². The highest BCUT2D eigenvalue weighted by molar-refractivity contribution is 5.79. The van der Waals surface area contributed by atoms with Gasteiger partial charge in [-0.1, -0.05) is 60.7 Å². The molecule has 0 aliphatic heterocycles. The summed E-state index contributed by atoms with van der Waals surface area (Å²) in [5.74, 6) is 0.768. The SMILES string of the molecule is CCNC(=NCCCN(Cc1ccccc1)Cc1ccccc1)NCCO. The first kappa shape index (κ1) is 20.9. The van der Waals surface area contributed by atoms with Crippen LogP contribution in [0.3, 0.4) is 0 Å². The number of hydrogen-bond acceptors (Lipinski definition) is 3. The lowest BCUT2D eigenvalue weighted by Gasteiger charge is -2.22. The van der Waals surface area contributed by atoms with Crippen molar-refractivity contribution in [2.45, 2.75) is 26.4 Å². The number of hydrogen-bond donors (Lipinski definition) is 3. The van der Waals surface area contributed by atoms with E-state index in [1.807, 2.05) is 6.92 Å². The van der Waals surface area contributed by atoms with Gasteiger partial charge in [0, 0.05) is 39.3 Å². The van der Waals surface area contributed by atoms with Gasteiger partial charge in [-0.05, 0) is 24.5 Å². The van der Waals surface area contributed by atoms with Crippen LogP contribution in [-0.2, 0) is 13.1 Å². The molecule has 27 heavy (non-hydrogen) atoms. The first-order chi connectivity index (χ1) is 13.3. The largest absolute Gasteiger partial charge is 0.395 e. The van der Waals surface area contributed by atoms with Crippen LogP contribution >= 0.6 is 0 Å². The second-order valence-electron chi connectivity index (χ2n) is 6.45. The maximum atomic E-state index is 8.96. The van der Waals surface area contributed by atoms with Crippen molar-refractivity contribution in [1.29, 1.82) is 0 Å². The van der Waals surface area contributed by atoms with Gasteiger partial charge in [0.15, 0.2) is 5.96 Å². The number of rotatable bonds is 11. The predicted octanol–water partition coefficient (Wildman–Crippen LogP) is 2.63. The normalized spacial score (nSPS) is 11.6. The summed E-state index contributed by atoms with van der Waals surface area (Å²) in [5.41, 5.74) is 2.66. The third kappa shape index (κ3) is 8.71. The van der Waals surface area contributed by atoms with E-state index in [0.717, 1.165) is 45.1 Å². The average Bonchev–Trinajstić information content (AvgIpc) is 2.70. The van der Waals surface area contributed by atoms with E-state index >= 15 is 0 Å². The minimum atomic E-state index is 0.104. The molecule has 0 radical (unpaired) electrons. The monoisotopic (exact) mass is 368 g/mol. The summed E-state index contributed by atoms with van der Waals surface area (Å²) in [7, 11) is 0. The molecule has 0 bridgehead atoms. The number of aliphatic imine (C=N–C) groups is 1. The molecule has 0 saturated carbocycles. The standard InChI is InChI=1S/C22H32N4O/c1-2-23-22(25-15-17-27)24-14-9-16-26(18-20-10-5-3-6-11-20)19-21-12-7-4-8-13-21/h3-8,10-13,27H,2,9,14-19H2,1H3,(H2,23,24,25). The van der Waals surface area contributed by atoms with Crippen LogP contribution in [0.4, 0.5) is 0 Å². The van der Waals surface area contributed by atoms with Gasteiger partial charge in [0.05, 0.1) is 6.61 Å². The summed E-state index contributed by atoms with van der Waals surface area (Å²) in [5, 5.41) is 15.3. The molecule has 5 nitrogen and oxygen atoms in total. The molecule has 146 valence electrons. The molecule has 0 amide bonds. The third-order valence-electron chi connectivity index (χ3n) is 4.15. The Labute approximate surface area is 163 Å². The Hall–Kier alpha value is -2.37. The molecule has 3 N–H and O–H groups in total. The van der Waals surface area contributed by atoms with Crippen molar-refractivity contribution in [2.75, 3.05) is 32.8 Å². The van der Waals surface area contributed by atoms with Crippen molar-refractivity contribution >= 4 is 5.96 Å². The first-order valence-electron chi connectivity index (χ1n) is 9.75. The zero-order valence-electron chi connectivity index (χ0n) is 16.3. The molecule has 0 heterocycles. The van der Waals surface area contributed by atoms with Gasteiger partial charge in [-0.2, -0.15) is 0 Å². The summed E-state index contributed by atoms with van der Waals surface area (Å²) >= 11 is 0. The Bertz CT molecular complexity index is 604. The van der Waals surface area contributed by atoms with Gasteiger partial charge < -0.3 is 15.7 Å². The Morgan fingerprint density at radius 1 is 0.926 bits per heavy atom. The minimum absolute atomic E-state index is 0.104. The molecule has 0 fully saturated rings. The molecule has 2 rings (SSSR count). The van der Waals surface area contributed by atoms with Gasteiger partial charge in [0.1, 0.15) is 0 Å². The van der Waals surface area contributed by atoms with E-state index in [4.69, 9.17) is 5.11 Å². The number of guanidine groups is 1. The Morgan fingerprint density at radius 2 is 1.52 bits per heavy atom. The Kier molecular flexibility index (Phi) is 10.0. The molecule has 2 aromatic rings. The molecule has 0 saturated heterocycles. The maximum absolute atomic E-state index is 8.96. The molecular formula is C22H32N4O.